The van der Waals surface area contributed by atoms with Crippen molar-refractivity contribution in [2.24, 2.45) is 0 Å². The van der Waals surface area contributed by atoms with Crippen LogP contribution in [0.5, 0.6) is 0 Å². The van der Waals surface area contributed by atoms with Crippen molar-refractivity contribution >= 4 is 11.8 Å². The predicted molar refractivity (Wildman–Crippen MR) is 67.2 cm³/mol. The number of carbonyl (C=O) groups is 2. The van der Waals surface area contributed by atoms with Crippen LogP contribution in [-0.2, 0) is 22.4 Å². The third-order valence-corrected chi connectivity index (χ3v) is 3.10. The zero-order chi connectivity index (χ0) is 13.0. The van der Waals surface area contributed by atoms with Gasteiger partial charge in [0, 0.05) is 11.5 Å². The Morgan fingerprint density at radius 2 is 1.94 bits per heavy atom. The zero-order valence-electron chi connectivity index (χ0n) is 10.3. The molecule has 0 atom stereocenters. The Kier molecular flexibility index (Phi) is 3.78. The molecule has 18 heavy (non-hydrogen) atoms. The first-order valence-electron chi connectivity index (χ1n) is 5.97. The number of hydrogen-bond acceptors (Lipinski definition) is 3. The van der Waals surface area contributed by atoms with Crippen LogP contribution in [0.1, 0.15) is 34.3 Å². The number of hydrogen-bond donors (Lipinski definition) is 0. The van der Waals surface area contributed by atoms with E-state index in [0.29, 0.717) is 5.56 Å². The summed E-state index contributed by atoms with van der Waals surface area (Å²) < 4.78 is 4.38. The summed E-state index contributed by atoms with van der Waals surface area (Å²) >= 11 is 0. The minimum atomic E-state index is -0.687. The van der Waals surface area contributed by atoms with Gasteiger partial charge in [0.2, 0.25) is 5.78 Å². The Labute approximate surface area is 106 Å². The summed E-state index contributed by atoms with van der Waals surface area (Å²) in [5.41, 5.74) is 2.95. The number of rotatable bonds is 1. The van der Waals surface area contributed by atoms with E-state index in [1.807, 2.05) is 6.07 Å². The van der Waals surface area contributed by atoms with E-state index >= 15 is 0 Å². The fourth-order valence-corrected chi connectivity index (χ4v) is 2.22. The van der Waals surface area contributed by atoms with Gasteiger partial charge in [-0.3, -0.25) is 4.79 Å². The topological polar surface area (TPSA) is 43.4 Å². The molecule has 1 aliphatic rings. The lowest BCUT2D eigenvalue weighted by atomic mass is 9.87. The maximum absolute atomic E-state index is 12.0. The number of ketones is 1. The van der Waals surface area contributed by atoms with E-state index in [9.17, 15) is 9.59 Å². The molecule has 0 spiro atoms. The van der Waals surface area contributed by atoms with Gasteiger partial charge in [0.05, 0.1) is 7.11 Å². The highest BCUT2D eigenvalue weighted by molar-refractivity contribution is 6.12. The van der Waals surface area contributed by atoms with Gasteiger partial charge in [-0.15, -0.1) is 0 Å². The summed E-state index contributed by atoms with van der Waals surface area (Å²) in [7, 11) is 1.24. The molecule has 0 saturated carbocycles. The molecule has 0 radical (unpaired) electrons. The molecule has 0 saturated heterocycles. The lowest BCUT2D eigenvalue weighted by Crippen LogP contribution is -2.10. The second kappa shape index (κ2) is 5.50. The Hall–Kier alpha value is -2.08. The summed E-state index contributed by atoms with van der Waals surface area (Å²) in [6.45, 7) is 0. The first kappa shape index (κ1) is 12.4. The Balaban J connectivity index is 2.30. The van der Waals surface area contributed by atoms with Crippen LogP contribution in [0.2, 0.25) is 0 Å². The van der Waals surface area contributed by atoms with E-state index in [1.165, 1.54) is 19.1 Å². The zero-order valence-corrected chi connectivity index (χ0v) is 10.3. The fraction of sp³-hybridized carbons (Fsp3) is 0.333. The summed E-state index contributed by atoms with van der Waals surface area (Å²) in [6.07, 6.45) is 4.19. The third kappa shape index (κ3) is 2.60. The predicted octanol–water partition coefficient (Wildman–Crippen LogP) is 1.92. The SMILES string of the molecule is COC(=O)C#CC(=O)c1cccc2c1CCCC2. The summed E-state index contributed by atoms with van der Waals surface area (Å²) in [5.74, 6) is 3.52. The molecule has 0 aliphatic heterocycles. The fourth-order valence-electron chi connectivity index (χ4n) is 2.22. The molecule has 0 fully saturated rings. The summed E-state index contributed by atoms with van der Waals surface area (Å²) in [5, 5.41) is 0. The molecule has 3 nitrogen and oxygen atoms in total. The van der Waals surface area contributed by atoms with Crippen LogP contribution < -0.4 is 0 Å². The molecule has 1 aromatic rings. The first-order chi connectivity index (χ1) is 8.72. The first-order valence-corrected chi connectivity index (χ1v) is 5.97. The van der Waals surface area contributed by atoms with Gasteiger partial charge in [-0.2, -0.15) is 0 Å². The second-order valence-corrected chi connectivity index (χ2v) is 4.22. The number of aryl methyl sites for hydroxylation is 1. The van der Waals surface area contributed by atoms with Crippen molar-refractivity contribution in [1.82, 2.24) is 0 Å². The largest absolute Gasteiger partial charge is 0.459 e. The standard InChI is InChI=1S/C15H14O3/c1-18-15(17)10-9-14(16)13-8-4-6-11-5-2-3-7-12(11)13/h4,6,8H,2-3,5,7H2,1H3. The molecule has 2 rings (SSSR count). The molecule has 0 unspecified atom stereocenters. The second-order valence-electron chi connectivity index (χ2n) is 4.22. The number of benzene rings is 1. The number of carbonyl (C=O) groups excluding carboxylic acids is 2. The van der Waals surface area contributed by atoms with E-state index in [-0.39, 0.29) is 5.78 Å². The molecule has 0 heterocycles. The van der Waals surface area contributed by atoms with Gasteiger partial charge in [-0.05, 0) is 42.7 Å². The summed E-state index contributed by atoms with van der Waals surface area (Å²) in [6, 6.07) is 5.70. The lowest BCUT2D eigenvalue weighted by Gasteiger charge is -2.17. The van der Waals surface area contributed by atoms with Crippen molar-refractivity contribution in [3.8, 4) is 11.8 Å². The molecule has 1 aliphatic carbocycles. The van der Waals surface area contributed by atoms with Crippen LogP contribution in [0.4, 0.5) is 0 Å². The number of ether oxygens (including phenoxy) is 1. The number of esters is 1. The quantitative estimate of drug-likeness (QED) is 0.248. The van der Waals surface area contributed by atoms with Crippen LogP contribution in [-0.4, -0.2) is 18.9 Å². The average Bonchev–Trinajstić information content (AvgIpc) is 2.43. The highest BCUT2D eigenvalue weighted by Gasteiger charge is 2.16. The van der Waals surface area contributed by atoms with Gasteiger partial charge in [0.1, 0.15) is 0 Å². The normalized spacial score (nSPS) is 12.9. The number of methoxy groups -OCH3 is 1. The number of fused-ring (bicyclic) bond motifs is 1. The lowest BCUT2D eigenvalue weighted by molar-refractivity contribution is -0.133. The molecule has 0 bridgehead atoms. The van der Waals surface area contributed by atoms with Gasteiger partial charge in [0.15, 0.2) is 0 Å². The smallest absolute Gasteiger partial charge is 0.384 e. The van der Waals surface area contributed by atoms with Gasteiger partial charge in [-0.25, -0.2) is 4.79 Å². The van der Waals surface area contributed by atoms with Crippen molar-refractivity contribution in [2.75, 3.05) is 7.11 Å². The molecule has 0 aromatic heterocycles. The molecule has 3 heteroatoms. The average molecular weight is 242 g/mol. The van der Waals surface area contributed by atoms with Crippen molar-refractivity contribution in [3.05, 3.63) is 34.9 Å². The minimum Gasteiger partial charge on any atom is -0.459 e. The minimum absolute atomic E-state index is 0.306. The third-order valence-electron chi connectivity index (χ3n) is 3.10. The van der Waals surface area contributed by atoms with E-state index in [1.54, 1.807) is 6.07 Å². The van der Waals surface area contributed by atoms with E-state index in [2.05, 4.69) is 22.6 Å². The summed E-state index contributed by atoms with van der Waals surface area (Å²) in [4.78, 5) is 22.8. The van der Waals surface area contributed by atoms with E-state index < -0.39 is 5.97 Å². The Morgan fingerprint density at radius 3 is 2.72 bits per heavy atom. The van der Waals surface area contributed by atoms with E-state index in [0.717, 1.165) is 24.8 Å². The molecule has 0 N–H and O–H groups in total. The van der Waals surface area contributed by atoms with Gasteiger partial charge in [0.25, 0.3) is 0 Å². The van der Waals surface area contributed by atoms with Crippen LogP contribution in [0, 0.1) is 11.8 Å². The van der Waals surface area contributed by atoms with Crippen molar-refractivity contribution in [3.63, 3.8) is 0 Å². The van der Waals surface area contributed by atoms with Gasteiger partial charge < -0.3 is 4.74 Å². The monoisotopic (exact) mass is 242 g/mol. The van der Waals surface area contributed by atoms with Gasteiger partial charge >= 0.3 is 5.97 Å². The molecule has 92 valence electrons. The molecular weight excluding hydrogens is 228 g/mol. The number of Topliss-reactive ketones (excluding diaryl/α,β-unsaturated/α-hetero) is 1. The molecule has 0 amide bonds. The van der Waals surface area contributed by atoms with Crippen molar-refractivity contribution in [2.45, 2.75) is 25.7 Å². The van der Waals surface area contributed by atoms with Crippen LogP contribution in [0.15, 0.2) is 18.2 Å². The Morgan fingerprint density at radius 1 is 1.17 bits per heavy atom. The highest BCUT2D eigenvalue weighted by atomic mass is 16.5. The Bertz CT molecular complexity index is 547. The van der Waals surface area contributed by atoms with Crippen molar-refractivity contribution < 1.29 is 14.3 Å². The maximum Gasteiger partial charge on any atom is 0.384 e. The molecule has 1 aromatic carbocycles. The van der Waals surface area contributed by atoms with Crippen LogP contribution in [0.25, 0.3) is 0 Å². The van der Waals surface area contributed by atoms with Crippen LogP contribution >= 0.6 is 0 Å². The maximum atomic E-state index is 12.0. The highest BCUT2D eigenvalue weighted by Crippen LogP contribution is 2.24. The van der Waals surface area contributed by atoms with Crippen LogP contribution in [0.3, 0.4) is 0 Å². The van der Waals surface area contributed by atoms with Gasteiger partial charge in [-0.1, -0.05) is 18.2 Å². The van der Waals surface area contributed by atoms with Crippen molar-refractivity contribution in [1.29, 1.82) is 0 Å². The van der Waals surface area contributed by atoms with E-state index in [4.69, 9.17) is 0 Å². The molecular formula is C15H14O3.